The SMILES string of the molecule is CCOCCCn1cc(C)nc1NCC1(N(C)C)CCC1. The van der Waals surface area contributed by atoms with E-state index in [1.165, 1.54) is 19.3 Å². The number of hydrogen-bond donors (Lipinski definition) is 1. The average molecular weight is 294 g/mol. The van der Waals surface area contributed by atoms with Crippen LogP contribution in [0.25, 0.3) is 0 Å². The van der Waals surface area contributed by atoms with Crippen molar-refractivity contribution >= 4 is 5.95 Å². The third kappa shape index (κ3) is 3.98. The summed E-state index contributed by atoms with van der Waals surface area (Å²) in [5, 5.41) is 3.57. The van der Waals surface area contributed by atoms with Gasteiger partial charge in [0, 0.05) is 38.0 Å². The zero-order chi connectivity index (χ0) is 15.3. The van der Waals surface area contributed by atoms with E-state index in [4.69, 9.17) is 4.74 Å². The largest absolute Gasteiger partial charge is 0.382 e. The molecule has 21 heavy (non-hydrogen) atoms. The van der Waals surface area contributed by atoms with Gasteiger partial charge in [-0.05, 0) is 53.6 Å². The minimum Gasteiger partial charge on any atom is -0.382 e. The predicted octanol–water partition coefficient (Wildman–Crippen LogP) is 2.51. The fourth-order valence-corrected chi connectivity index (χ4v) is 2.95. The number of nitrogens with one attached hydrogen (secondary N) is 1. The molecule has 1 N–H and O–H groups in total. The molecule has 1 heterocycles. The van der Waals surface area contributed by atoms with Crippen LogP contribution in [-0.4, -0.2) is 53.8 Å². The van der Waals surface area contributed by atoms with Gasteiger partial charge >= 0.3 is 0 Å². The molecule has 1 aliphatic rings. The fraction of sp³-hybridized carbons (Fsp3) is 0.812. The van der Waals surface area contributed by atoms with Gasteiger partial charge in [0.1, 0.15) is 0 Å². The molecule has 0 spiro atoms. The summed E-state index contributed by atoms with van der Waals surface area (Å²) < 4.78 is 7.63. The number of nitrogens with zero attached hydrogens (tertiary/aromatic N) is 3. The van der Waals surface area contributed by atoms with Crippen LogP contribution in [0.4, 0.5) is 5.95 Å². The second kappa shape index (κ2) is 7.27. The highest BCUT2D eigenvalue weighted by Crippen LogP contribution is 2.36. The van der Waals surface area contributed by atoms with Crippen LogP contribution in [0.5, 0.6) is 0 Å². The molecule has 1 aromatic rings. The van der Waals surface area contributed by atoms with E-state index in [1.807, 2.05) is 6.92 Å². The molecule has 1 aromatic heterocycles. The summed E-state index contributed by atoms with van der Waals surface area (Å²) in [4.78, 5) is 6.98. The third-order valence-corrected chi connectivity index (χ3v) is 4.60. The molecular weight excluding hydrogens is 264 g/mol. The highest BCUT2D eigenvalue weighted by molar-refractivity contribution is 5.30. The first-order valence-corrected chi connectivity index (χ1v) is 8.10. The van der Waals surface area contributed by atoms with Gasteiger partial charge in [-0.15, -0.1) is 0 Å². The first-order chi connectivity index (χ1) is 10.1. The Morgan fingerprint density at radius 2 is 2.19 bits per heavy atom. The summed E-state index contributed by atoms with van der Waals surface area (Å²) in [7, 11) is 4.36. The van der Waals surface area contributed by atoms with Crippen molar-refractivity contribution in [2.75, 3.05) is 39.2 Å². The summed E-state index contributed by atoms with van der Waals surface area (Å²) >= 11 is 0. The number of imidazole rings is 1. The molecule has 1 saturated carbocycles. The lowest BCUT2D eigenvalue weighted by Gasteiger charge is -2.47. The smallest absolute Gasteiger partial charge is 0.203 e. The van der Waals surface area contributed by atoms with Gasteiger partial charge in [0.2, 0.25) is 5.95 Å². The molecule has 0 aliphatic heterocycles. The molecule has 0 amide bonds. The third-order valence-electron chi connectivity index (χ3n) is 4.60. The van der Waals surface area contributed by atoms with Crippen molar-refractivity contribution in [1.29, 1.82) is 0 Å². The van der Waals surface area contributed by atoms with Crippen molar-refractivity contribution in [2.24, 2.45) is 0 Å². The van der Waals surface area contributed by atoms with E-state index >= 15 is 0 Å². The Morgan fingerprint density at radius 1 is 1.43 bits per heavy atom. The van der Waals surface area contributed by atoms with Gasteiger partial charge in [-0.2, -0.15) is 0 Å². The van der Waals surface area contributed by atoms with Crippen LogP contribution >= 0.6 is 0 Å². The Labute approximate surface area is 128 Å². The molecule has 1 aliphatic carbocycles. The minimum atomic E-state index is 0.315. The molecule has 0 atom stereocenters. The quantitative estimate of drug-likeness (QED) is 0.711. The molecule has 0 aromatic carbocycles. The standard InChI is InChI=1S/C16H30N4O/c1-5-21-11-7-10-20-12-14(2)18-15(20)17-13-16(19(3)4)8-6-9-16/h12H,5-11,13H2,1-4H3,(H,17,18). The van der Waals surface area contributed by atoms with Gasteiger partial charge in [0.15, 0.2) is 0 Å². The Morgan fingerprint density at radius 3 is 2.76 bits per heavy atom. The van der Waals surface area contributed by atoms with Gasteiger partial charge in [0.25, 0.3) is 0 Å². The molecule has 1 fully saturated rings. The van der Waals surface area contributed by atoms with Crippen molar-refractivity contribution in [2.45, 2.75) is 51.6 Å². The molecular formula is C16H30N4O. The summed E-state index contributed by atoms with van der Waals surface area (Å²) in [6, 6.07) is 0. The number of hydrogen-bond acceptors (Lipinski definition) is 4. The Balaban J connectivity index is 1.90. The van der Waals surface area contributed by atoms with E-state index in [9.17, 15) is 0 Å². The highest BCUT2D eigenvalue weighted by Gasteiger charge is 2.38. The van der Waals surface area contributed by atoms with Crippen LogP contribution in [0, 0.1) is 6.92 Å². The summed E-state index contributed by atoms with van der Waals surface area (Å²) in [5.41, 5.74) is 1.39. The molecule has 0 bridgehead atoms. The molecule has 5 heteroatoms. The number of rotatable bonds is 9. The lowest BCUT2D eigenvalue weighted by Crippen LogP contribution is -2.54. The van der Waals surface area contributed by atoms with Crippen molar-refractivity contribution in [3.63, 3.8) is 0 Å². The molecule has 5 nitrogen and oxygen atoms in total. The van der Waals surface area contributed by atoms with E-state index in [1.54, 1.807) is 0 Å². The second-order valence-corrected chi connectivity index (χ2v) is 6.28. The van der Waals surface area contributed by atoms with Gasteiger partial charge < -0.3 is 19.5 Å². The van der Waals surface area contributed by atoms with E-state index in [0.29, 0.717) is 5.54 Å². The van der Waals surface area contributed by atoms with Gasteiger partial charge in [-0.25, -0.2) is 4.98 Å². The first kappa shape index (κ1) is 16.3. The van der Waals surface area contributed by atoms with Gasteiger partial charge in [0.05, 0.1) is 5.69 Å². The number of aromatic nitrogens is 2. The first-order valence-electron chi connectivity index (χ1n) is 8.10. The number of likely N-dealkylation sites (N-methyl/N-ethyl adjacent to an activating group) is 1. The molecule has 0 unspecified atom stereocenters. The van der Waals surface area contributed by atoms with Crippen LogP contribution in [-0.2, 0) is 11.3 Å². The van der Waals surface area contributed by atoms with Gasteiger partial charge in [-0.3, -0.25) is 0 Å². The van der Waals surface area contributed by atoms with Crippen molar-refractivity contribution in [1.82, 2.24) is 14.5 Å². The maximum absolute atomic E-state index is 5.41. The number of ether oxygens (including phenoxy) is 1. The van der Waals surface area contributed by atoms with E-state index in [-0.39, 0.29) is 0 Å². The Kier molecular flexibility index (Phi) is 5.65. The zero-order valence-electron chi connectivity index (χ0n) is 14.0. The van der Waals surface area contributed by atoms with Crippen molar-refractivity contribution < 1.29 is 4.74 Å². The maximum Gasteiger partial charge on any atom is 0.203 e. The number of aryl methyl sites for hydroxylation is 2. The van der Waals surface area contributed by atoms with Crippen LogP contribution in [0.1, 0.15) is 38.3 Å². The lowest BCUT2D eigenvalue weighted by atomic mass is 9.75. The van der Waals surface area contributed by atoms with Crippen LogP contribution in [0.2, 0.25) is 0 Å². The molecule has 120 valence electrons. The molecule has 0 radical (unpaired) electrons. The Hall–Kier alpha value is -1.07. The van der Waals surface area contributed by atoms with E-state index in [0.717, 1.165) is 44.4 Å². The van der Waals surface area contributed by atoms with Crippen molar-refractivity contribution in [3.05, 3.63) is 11.9 Å². The lowest BCUT2D eigenvalue weighted by molar-refractivity contribution is 0.0736. The van der Waals surface area contributed by atoms with Crippen LogP contribution in [0.15, 0.2) is 6.20 Å². The Bertz CT molecular complexity index is 437. The summed E-state index contributed by atoms with van der Waals surface area (Å²) in [6.45, 7) is 7.62. The monoisotopic (exact) mass is 294 g/mol. The van der Waals surface area contributed by atoms with Crippen LogP contribution in [0.3, 0.4) is 0 Å². The summed E-state index contributed by atoms with van der Waals surface area (Å²) in [5.74, 6) is 0.997. The zero-order valence-corrected chi connectivity index (χ0v) is 14.0. The highest BCUT2D eigenvalue weighted by atomic mass is 16.5. The van der Waals surface area contributed by atoms with E-state index in [2.05, 4.69) is 47.0 Å². The van der Waals surface area contributed by atoms with Crippen LogP contribution < -0.4 is 5.32 Å². The summed E-state index contributed by atoms with van der Waals surface area (Å²) in [6.07, 6.45) is 7.03. The van der Waals surface area contributed by atoms with E-state index < -0.39 is 0 Å². The fourth-order valence-electron chi connectivity index (χ4n) is 2.95. The predicted molar refractivity (Wildman–Crippen MR) is 86.8 cm³/mol. The molecule has 2 rings (SSSR count). The normalized spacial score (nSPS) is 17.0. The van der Waals surface area contributed by atoms with Crippen molar-refractivity contribution in [3.8, 4) is 0 Å². The maximum atomic E-state index is 5.41. The second-order valence-electron chi connectivity index (χ2n) is 6.28. The van der Waals surface area contributed by atoms with Gasteiger partial charge in [-0.1, -0.05) is 0 Å². The minimum absolute atomic E-state index is 0.315. The molecule has 0 saturated heterocycles. The number of anilines is 1. The topological polar surface area (TPSA) is 42.3 Å². The average Bonchev–Trinajstić information content (AvgIpc) is 2.73.